The molecule has 0 spiro atoms. The predicted molar refractivity (Wildman–Crippen MR) is 102 cm³/mol. The van der Waals surface area contributed by atoms with Crippen LogP contribution in [0, 0.1) is 11.6 Å². The molecule has 9 heteroatoms. The molecule has 1 N–H and O–H groups in total. The van der Waals surface area contributed by atoms with E-state index in [1.54, 1.807) is 24.3 Å². The smallest absolute Gasteiger partial charge is 0.499 e. The fourth-order valence-electron chi connectivity index (χ4n) is 2.95. The monoisotopic (exact) mass is 426 g/mol. The molecule has 0 saturated heterocycles. The molecule has 0 bridgehead atoms. The minimum absolute atomic E-state index is 0.256. The summed E-state index contributed by atoms with van der Waals surface area (Å²) in [4.78, 5) is 1.90. The first-order valence-corrected chi connectivity index (χ1v) is 8.99. The van der Waals surface area contributed by atoms with Crippen molar-refractivity contribution in [2.45, 2.75) is 12.8 Å². The molecular formula is C21H19F5N2O2. The molecule has 30 heavy (non-hydrogen) atoms. The van der Waals surface area contributed by atoms with Crippen molar-refractivity contribution in [3.8, 4) is 5.75 Å². The van der Waals surface area contributed by atoms with E-state index in [4.69, 9.17) is 4.74 Å². The summed E-state index contributed by atoms with van der Waals surface area (Å²) in [5, 5.41) is 2.99. The summed E-state index contributed by atoms with van der Waals surface area (Å²) in [5.41, 5.74) is 1.06. The van der Waals surface area contributed by atoms with E-state index < -0.39 is 18.0 Å². The van der Waals surface area contributed by atoms with Gasteiger partial charge in [0.15, 0.2) is 0 Å². The summed E-state index contributed by atoms with van der Waals surface area (Å²) in [6.45, 7) is 0.902. The Morgan fingerprint density at radius 1 is 1.00 bits per heavy atom. The SMILES string of the molecule is COC1=CC=C(Nc2cc(F)cc(F)c2)N(CCc2ccc(OC(F)(F)F)cc2)C1. The van der Waals surface area contributed by atoms with Gasteiger partial charge in [-0.1, -0.05) is 12.1 Å². The minimum atomic E-state index is -4.74. The van der Waals surface area contributed by atoms with Crippen molar-refractivity contribution < 1.29 is 31.4 Å². The number of halogens is 5. The van der Waals surface area contributed by atoms with Gasteiger partial charge in [-0.25, -0.2) is 8.78 Å². The van der Waals surface area contributed by atoms with Crippen LogP contribution in [0.5, 0.6) is 5.75 Å². The van der Waals surface area contributed by atoms with Gasteiger partial charge in [-0.15, -0.1) is 13.2 Å². The number of alkyl halides is 3. The first kappa shape index (κ1) is 21.5. The number of methoxy groups -OCH3 is 1. The molecule has 0 aliphatic carbocycles. The van der Waals surface area contributed by atoms with E-state index in [2.05, 4.69) is 10.1 Å². The largest absolute Gasteiger partial charge is 0.573 e. The van der Waals surface area contributed by atoms with Crippen molar-refractivity contribution in [2.75, 3.05) is 25.5 Å². The summed E-state index contributed by atoms with van der Waals surface area (Å²) in [6, 6.07) is 8.75. The van der Waals surface area contributed by atoms with Crippen LogP contribution in [0.25, 0.3) is 0 Å². The average Bonchev–Trinajstić information content (AvgIpc) is 2.66. The van der Waals surface area contributed by atoms with Gasteiger partial charge in [-0.3, -0.25) is 0 Å². The van der Waals surface area contributed by atoms with Gasteiger partial charge in [0.2, 0.25) is 0 Å². The second-order valence-corrected chi connectivity index (χ2v) is 6.54. The molecular weight excluding hydrogens is 407 g/mol. The Bertz CT molecular complexity index is 919. The summed E-state index contributed by atoms with van der Waals surface area (Å²) < 4.78 is 72.9. The first-order valence-electron chi connectivity index (χ1n) is 8.99. The Morgan fingerprint density at radius 2 is 1.67 bits per heavy atom. The van der Waals surface area contributed by atoms with Crippen molar-refractivity contribution >= 4 is 5.69 Å². The molecule has 0 atom stereocenters. The van der Waals surface area contributed by atoms with Crippen LogP contribution < -0.4 is 10.1 Å². The molecule has 0 saturated carbocycles. The highest BCUT2D eigenvalue weighted by Crippen LogP contribution is 2.24. The first-order chi connectivity index (χ1) is 14.2. The number of allylic oxidation sites excluding steroid dienone is 2. The summed E-state index contributed by atoms with van der Waals surface area (Å²) in [7, 11) is 1.54. The third kappa shape index (κ3) is 6.13. The van der Waals surface area contributed by atoms with Crippen LogP contribution in [-0.4, -0.2) is 31.5 Å². The van der Waals surface area contributed by atoms with E-state index in [-0.39, 0.29) is 11.4 Å². The molecule has 1 heterocycles. The molecule has 0 aromatic heterocycles. The van der Waals surface area contributed by atoms with Crippen LogP contribution in [-0.2, 0) is 11.2 Å². The third-order valence-electron chi connectivity index (χ3n) is 4.34. The van der Waals surface area contributed by atoms with Crippen molar-refractivity contribution in [3.63, 3.8) is 0 Å². The van der Waals surface area contributed by atoms with Crippen molar-refractivity contribution in [1.82, 2.24) is 4.90 Å². The Morgan fingerprint density at radius 3 is 2.27 bits per heavy atom. The van der Waals surface area contributed by atoms with Crippen LogP contribution in [0.2, 0.25) is 0 Å². The lowest BCUT2D eigenvalue weighted by Gasteiger charge is -2.31. The molecule has 3 rings (SSSR count). The molecule has 2 aromatic rings. The van der Waals surface area contributed by atoms with E-state index in [0.717, 1.165) is 11.6 Å². The molecule has 160 valence electrons. The number of anilines is 1. The van der Waals surface area contributed by atoms with Crippen molar-refractivity contribution in [2.24, 2.45) is 0 Å². The molecule has 4 nitrogen and oxygen atoms in total. The van der Waals surface area contributed by atoms with Crippen molar-refractivity contribution in [3.05, 3.63) is 83.4 Å². The normalized spacial score (nSPS) is 14.1. The number of nitrogens with one attached hydrogen (secondary N) is 1. The van der Waals surface area contributed by atoms with Gasteiger partial charge in [0.05, 0.1) is 13.7 Å². The fourth-order valence-corrected chi connectivity index (χ4v) is 2.95. The topological polar surface area (TPSA) is 33.7 Å². The maximum absolute atomic E-state index is 13.5. The fraction of sp³-hybridized carbons (Fsp3) is 0.238. The molecule has 2 aromatic carbocycles. The van der Waals surface area contributed by atoms with E-state index in [9.17, 15) is 22.0 Å². The molecule has 0 fully saturated rings. The number of nitrogens with zero attached hydrogens (tertiary/aromatic N) is 1. The van der Waals surface area contributed by atoms with Gasteiger partial charge in [0.1, 0.15) is 29.0 Å². The van der Waals surface area contributed by atoms with Gasteiger partial charge >= 0.3 is 6.36 Å². The zero-order valence-electron chi connectivity index (χ0n) is 16.0. The number of hydrogen-bond acceptors (Lipinski definition) is 4. The highest BCUT2D eigenvalue weighted by atomic mass is 19.4. The van der Waals surface area contributed by atoms with E-state index >= 15 is 0 Å². The van der Waals surface area contributed by atoms with E-state index in [0.29, 0.717) is 31.1 Å². The van der Waals surface area contributed by atoms with Gasteiger partial charge in [-0.2, -0.15) is 0 Å². The molecule has 0 unspecified atom stereocenters. The molecule has 1 aliphatic heterocycles. The average molecular weight is 426 g/mol. The predicted octanol–water partition coefficient (Wildman–Crippen LogP) is 5.21. The standard InChI is InChI=1S/C21H19F5N2O2/c1-29-19-6-7-20(27-17-11-15(22)10-16(23)12-17)28(13-19)9-8-14-2-4-18(5-3-14)30-21(24,25)26/h2-7,10-12,27H,8-9,13H2,1H3. The minimum Gasteiger partial charge on any atom is -0.499 e. The second kappa shape index (κ2) is 9.06. The van der Waals surface area contributed by atoms with Gasteiger partial charge < -0.3 is 19.7 Å². The third-order valence-corrected chi connectivity index (χ3v) is 4.34. The van der Waals surface area contributed by atoms with Gasteiger partial charge in [0.25, 0.3) is 0 Å². The summed E-state index contributed by atoms with van der Waals surface area (Å²) in [5.74, 6) is -0.383. The Kier molecular flexibility index (Phi) is 6.49. The molecule has 1 aliphatic rings. The Hall–Kier alpha value is -3.23. The Balaban J connectivity index is 1.68. The number of ether oxygens (including phenoxy) is 2. The highest BCUT2D eigenvalue weighted by molar-refractivity contribution is 5.49. The van der Waals surface area contributed by atoms with Crippen LogP contribution in [0.3, 0.4) is 0 Å². The highest BCUT2D eigenvalue weighted by Gasteiger charge is 2.31. The van der Waals surface area contributed by atoms with Crippen molar-refractivity contribution in [1.29, 1.82) is 0 Å². The number of benzene rings is 2. The maximum Gasteiger partial charge on any atom is 0.573 e. The van der Waals surface area contributed by atoms with Crippen LogP contribution in [0.1, 0.15) is 5.56 Å². The van der Waals surface area contributed by atoms with Crippen LogP contribution in [0.15, 0.2) is 66.2 Å². The zero-order chi connectivity index (χ0) is 21.7. The second-order valence-electron chi connectivity index (χ2n) is 6.54. The summed E-state index contributed by atoms with van der Waals surface area (Å²) >= 11 is 0. The molecule has 0 radical (unpaired) electrons. The Labute approximate surface area is 170 Å². The maximum atomic E-state index is 13.5. The number of rotatable bonds is 7. The quantitative estimate of drug-likeness (QED) is 0.617. The zero-order valence-corrected chi connectivity index (χ0v) is 16.0. The molecule has 0 amide bonds. The van der Waals surface area contributed by atoms with Crippen LogP contribution >= 0.6 is 0 Å². The lowest BCUT2D eigenvalue weighted by atomic mass is 10.1. The lowest BCUT2D eigenvalue weighted by Crippen LogP contribution is -2.33. The van der Waals surface area contributed by atoms with E-state index in [1.807, 2.05) is 4.90 Å². The lowest BCUT2D eigenvalue weighted by molar-refractivity contribution is -0.274. The van der Waals surface area contributed by atoms with E-state index in [1.165, 1.54) is 31.4 Å². The van der Waals surface area contributed by atoms with Gasteiger partial charge in [-0.05, 0) is 48.4 Å². The number of hydrogen-bond donors (Lipinski definition) is 1. The van der Waals surface area contributed by atoms with Gasteiger partial charge in [0, 0.05) is 18.3 Å². The van der Waals surface area contributed by atoms with Crippen LogP contribution in [0.4, 0.5) is 27.6 Å². The summed E-state index contributed by atoms with van der Waals surface area (Å²) in [6.07, 6.45) is -0.747.